The van der Waals surface area contributed by atoms with Crippen molar-refractivity contribution in [2.45, 2.75) is 0 Å². The number of ketones is 1. The van der Waals surface area contributed by atoms with Gasteiger partial charge in [0.1, 0.15) is 5.97 Å². The molecule has 0 heterocycles. The number of hydrogen-bond acceptors (Lipinski definition) is 3. The lowest BCUT2D eigenvalue weighted by atomic mass is 10.4. The van der Waals surface area contributed by atoms with E-state index in [0.29, 0.717) is 6.08 Å². The van der Waals surface area contributed by atoms with Crippen LogP contribution in [0.1, 0.15) is 0 Å². The molecule has 0 saturated carbocycles. The number of aliphatic carboxylic acids is 1. The lowest BCUT2D eigenvalue weighted by Gasteiger charge is -1.88. The molecule has 3 heteroatoms. The van der Waals surface area contributed by atoms with Crippen LogP contribution in [0.25, 0.3) is 0 Å². The van der Waals surface area contributed by atoms with Crippen molar-refractivity contribution in [3.05, 3.63) is 18.4 Å². The molecule has 3 nitrogen and oxygen atoms in total. The molecule has 0 aromatic carbocycles. The highest BCUT2D eigenvalue weighted by atomic mass is 16.4. The topological polar surface area (TPSA) is 57.2 Å². The summed E-state index contributed by atoms with van der Waals surface area (Å²) in [6, 6.07) is 0. The van der Waals surface area contributed by atoms with E-state index in [0.717, 1.165) is 0 Å². The summed E-state index contributed by atoms with van der Waals surface area (Å²) in [5, 5.41) is 9.53. The van der Waals surface area contributed by atoms with Gasteiger partial charge in [-0.15, -0.1) is 5.73 Å². The molecule has 0 aromatic rings. The summed E-state index contributed by atoms with van der Waals surface area (Å²) in [4.78, 5) is 19.5. The van der Waals surface area contributed by atoms with Crippen molar-refractivity contribution in [1.82, 2.24) is 0 Å². The number of rotatable bonds is 2. The molecule has 0 aromatic heterocycles. The van der Waals surface area contributed by atoms with Crippen LogP contribution in [0.2, 0.25) is 0 Å². The van der Waals surface area contributed by atoms with E-state index in [9.17, 15) is 14.7 Å². The highest BCUT2D eigenvalue weighted by molar-refractivity contribution is 6.36. The van der Waals surface area contributed by atoms with Gasteiger partial charge in [-0.25, -0.2) is 0 Å². The summed E-state index contributed by atoms with van der Waals surface area (Å²) in [5.41, 5.74) is 2.00. The van der Waals surface area contributed by atoms with Gasteiger partial charge in [-0.05, 0) is 0 Å². The summed E-state index contributed by atoms with van der Waals surface area (Å²) in [5.74, 6) is -2.85. The van der Waals surface area contributed by atoms with Crippen LogP contribution in [0.3, 0.4) is 0 Å². The molecule has 0 atom stereocenters. The van der Waals surface area contributed by atoms with E-state index in [4.69, 9.17) is 0 Å². The number of hydrogen-bond donors (Lipinski definition) is 0. The van der Waals surface area contributed by atoms with Gasteiger partial charge in [0.15, 0.2) is 0 Å². The smallest absolute Gasteiger partial charge is 0.208 e. The highest BCUT2D eigenvalue weighted by Gasteiger charge is 1.91. The Morgan fingerprint density at radius 2 is 2.12 bits per heavy atom. The van der Waals surface area contributed by atoms with Crippen molar-refractivity contribution in [3.63, 3.8) is 0 Å². The molecule has 0 aliphatic carbocycles. The van der Waals surface area contributed by atoms with Gasteiger partial charge in [-0.2, -0.15) is 0 Å². The third-order valence-electron chi connectivity index (χ3n) is 0.434. The lowest BCUT2D eigenvalue weighted by Crippen LogP contribution is -2.29. The highest BCUT2D eigenvalue weighted by Crippen LogP contribution is 1.67. The van der Waals surface area contributed by atoms with E-state index < -0.39 is 11.8 Å². The number of carbonyl (C=O) groups is 2. The molecule has 0 amide bonds. The van der Waals surface area contributed by atoms with Gasteiger partial charge in [-0.1, -0.05) is 6.58 Å². The zero-order valence-electron chi connectivity index (χ0n) is 4.01. The van der Waals surface area contributed by atoms with Crippen LogP contribution in [0.4, 0.5) is 0 Å². The Bertz CT molecular complexity index is 159. The first-order valence-electron chi connectivity index (χ1n) is 1.79. The predicted octanol–water partition coefficient (Wildman–Crippen LogP) is -1.35. The predicted molar refractivity (Wildman–Crippen MR) is 23.7 cm³/mol. The second-order valence-corrected chi connectivity index (χ2v) is 1.00. The summed E-state index contributed by atoms with van der Waals surface area (Å²) >= 11 is 0. The SMILES string of the molecule is C=C=CC(=O)C(=O)[O-]. The van der Waals surface area contributed by atoms with E-state index in [1.807, 2.05) is 5.73 Å². The van der Waals surface area contributed by atoms with Crippen molar-refractivity contribution in [2.75, 3.05) is 0 Å². The number of carbonyl (C=O) groups excluding carboxylic acids is 2. The van der Waals surface area contributed by atoms with Crippen LogP contribution in [0, 0.1) is 0 Å². The average molecular weight is 111 g/mol. The zero-order valence-corrected chi connectivity index (χ0v) is 4.01. The van der Waals surface area contributed by atoms with Crippen molar-refractivity contribution in [1.29, 1.82) is 0 Å². The van der Waals surface area contributed by atoms with E-state index in [2.05, 4.69) is 6.58 Å². The Balaban J connectivity index is 4.05. The molecule has 0 N–H and O–H groups in total. The van der Waals surface area contributed by atoms with Gasteiger partial charge in [-0.3, -0.25) is 4.79 Å². The molecule has 0 aliphatic heterocycles. The van der Waals surface area contributed by atoms with Crippen LogP contribution in [0.5, 0.6) is 0 Å². The van der Waals surface area contributed by atoms with Crippen LogP contribution in [-0.4, -0.2) is 11.8 Å². The molecule has 0 fully saturated rings. The molecular weight excluding hydrogens is 108 g/mol. The quantitative estimate of drug-likeness (QED) is 0.251. The van der Waals surface area contributed by atoms with Gasteiger partial charge in [0.05, 0.1) is 0 Å². The van der Waals surface area contributed by atoms with Gasteiger partial charge < -0.3 is 9.90 Å². The monoisotopic (exact) mass is 111 g/mol. The second-order valence-electron chi connectivity index (χ2n) is 1.00. The fourth-order valence-corrected chi connectivity index (χ4v) is 0.152. The van der Waals surface area contributed by atoms with Gasteiger partial charge >= 0.3 is 0 Å². The third-order valence-corrected chi connectivity index (χ3v) is 0.434. The van der Waals surface area contributed by atoms with E-state index in [-0.39, 0.29) is 0 Å². The Labute approximate surface area is 45.9 Å². The fraction of sp³-hybridized carbons (Fsp3) is 0. The molecular formula is C5H3O3-. The first-order valence-corrected chi connectivity index (χ1v) is 1.79. The Kier molecular flexibility index (Phi) is 2.31. The molecule has 0 bridgehead atoms. The van der Waals surface area contributed by atoms with Crippen molar-refractivity contribution in [2.24, 2.45) is 0 Å². The molecule has 8 heavy (non-hydrogen) atoms. The zero-order chi connectivity index (χ0) is 6.57. The maximum atomic E-state index is 9.92. The van der Waals surface area contributed by atoms with E-state index in [1.54, 1.807) is 0 Å². The molecule has 0 unspecified atom stereocenters. The molecule has 0 saturated heterocycles. The minimum Gasteiger partial charge on any atom is -0.541 e. The van der Waals surface area contributed by atoms with Crippen LogP contribution >= 0.6 is 0 Å². The third kappa shape index (κ3) is 1.95. The fourth-order valence-electron chi connectivity index (χ4n) is 0.152. The van der Waals surface area contributed by atoms with Crippen molar-refractivity contribution >= 4 is 11.8 Å². The molecule has 0 aliphatic rings. The minimum atomic E-state index is -1.74. The lowest BCUT2D eigenvalue weighted by molar-refractivity contribution is -0.299. The molecule has 42 valence electrons. The summed E-state index contributed by atoms with van der Waals surface area (Å²) in [7, 11) is 0. The summed E-state index contributed by atoms with van der Waals surface area (Å²) in [6.07, 6.45) is 0.704. The summed E-state index contributed by atoms with van der Waals surface area (Å²) in [6.45, 7) is 2.99. The van der Waals surface area contributed by atoms with Crippen LogP contribution in [-0.2, 0) is 9.59 Å². The van der Waals surface area contributed by atoms with Crippen molar-refractivity contribution < 1.29 is 14.7 Å². The number of carboxylic acids is 1. The van der Waals surface area contributed by atoms with Gasteiger partial charge in [0.2, 0.25) is 5.78 Å². The summed E-state index contributed by atoms with van der Waals surface area (Å²) < 4.78 is 0. The van der Waals surface area contributed by atoms with Crippen molar-refractivity contribution in [3.8, 4) is 0 Å². The Morgan fingerprint density at radius 1 is 1.62 bits per heavy atom. The average Bonchev–Trinajstić information content (AvgIpc) is 1.67. The molecule has 0 radical (unpaired) electrons. The maximum absolute atomic E-state index is 9.92. The second kappa shape index (κ2) is 2.77. The van der Waals surface area contributed by atoms with E-state index >= 15 is 0 Å². The first kappa shape index (κ1) is 6.66. The van der Waals surface area contributed by atoms with Gasteiger partial charge in [0, 0.05) is 6.08 Å². The Hall–Kier alpha value is -1.34. The van der Waals surface area contributed by atoms with Crippen LogP contribution < -0.4 is 5.11 Å². The largest absolute Gasteiger partial charge is 0.541 e. The Morgan fingerprint density at radius 3 is 2.25 bits per heavy atom. The standard InChI is InChI=1S/C5H4O3/c1-2-3-4(6)5(7)8/h3H,1H2,(H,7,8)/p-1. The first-order chi connectivity index (χ1) is 3.68. The molecule has 0 rings (SSSR count). The van der Waals surface area contributed by atoms with Gasteiger partial charge in [0.25, 0.3) is 0 Å². The molecule has 0 spiro atoms. The number of carboxylic acid groups (broad SMARTS) is 1. The van der Waals surface area contributed by atoms with E-state index in [1.165, 1.54) is 0 Å². The minimum absolute atomic E-state index is 0.704. The normalized spacial score (nSPS) is 7.00. The maximum Gasteiger partial charge on any atom is 0.208 e. The van der Waals surface area contributed by atoms with Crippen LogP contribution in [0.15, 0.2) is 18.4 Å².